The van der Waals surface area contributed by atoms with Gasteiger partial charge in [0.2, 0.25) is 0 Å². The van der Waals surface area contributed by atoms with Gasteiger partial charge in [-0.05, 0) is 140 Å². The lowest BCUT2D eigenvalue weighted by molar-refractivity contribution is 0.0680. The summed E-state index contributed by atoms with van der Waals surface area (Å²) in [6.07, 6.45) is 22.4. The van der Waals surface area contributed by atoms with Gasteiger partial charge in [-0.2, -0.15) is 0 Å². The SMILES string of the molecule is CCCCCc1cc2c(c(O)c1C(=O)O)C=CC(C)(CCC=C(C)C)O2.CCCCCc1cc2c(c(O)c1C(=O)O)C=CC(C)(CCC=C(C)C)O2. The van der Waals surface area contributed by atoms with Crippen LogP contribution in [0.3, 0.4) is 0 Å². The first-order valence-corrected chi connectivity index (χ1v) is 18.8. The second kappa shape index (κ2) is 18.9. The van der Waals surface area contributed by atoms with Crippen molar-refractivity contribution in [2.75, 3.05) is 0 Å². The number of phenols is 2. The summed E-state index contributed by atoms with van der Waals surface area (Å²) >= 11 is 0. The van der Waals surface area contributed by atoms with Crippen molar-refractivity contribution in [1.82, 2.24) is 0 Å². The van der Waals surface area contributed by atoms with Gasteiger partial charge in [0, 0.05) is 0 Å². The third-order valence-electron chi connectivity index (χ3n) is 9.57. The summed E-state index contributed by atoms with van der Waals surface area (Å²) in [5.74, 6) is -1.43. The van der Waals surface area contributed by atoms with E-state index in [1.807, 2.05) is 26.0 Å². The third-order valence-corrected chi connectivity index (χ3v) is 9.57. The molecule has 0 bridgehead atoms. The van der Waals surface area contributed by atoms with E-state index in [1.54, 1.807) is 24.3 Å². The standard InChI is InChI=1S/2C22H30O4/c2*1-5-6-7-10-16-14-18-17(20(23)19(16)21(24)25)11-13-22(4,26-18)12-8-9-15(2)3/h2*9,11,13-14,23H,5-8,10,12H2,1-4H3,(H,24,25). The largest absolute Gasteiger partial charge is 0.506 e. The zero-order valence-corrected chi connectivity index (χ0v) is 32.5. The number of carbonyl (C=O) groups is 2. The lowest BCUT2D eigenvalue weighted by Crippen LogP contribution is -2.32. The summed E-state index contributed by atoms with van der Waals surface area (Å²) in [6.45, 7) is 16.5. The summed E-state index contributed by atoms with van der Waals surface area (Å²) in [5.41, 5.74) is 3.83. The highest BCUT2D eigenvalue weighted by Crippen LogP contribution is 2.43. The first kappa shape index (κ1) is 42.0. The van der Waals surface area contributed by atoms with Crippen molar-refractivity contribution in [1.29, 1.82) is 0 Å². The van der Waals surface area contributed by atoms with Crippen molar-refractivity contribution >= 4 is 24.1 Å². The van der Waals surface area contributed by atoms with Crippen LogP contribution < -0.4 is 9.47 Å². The first-order chi connectivity index (χ1) is 24.5. The Bertz CT molecular complexity index is 1580. The second-order valence-corrected chi connectivity index (χ2v) is 15.0. The Morgan fingerprint density at radius 3 is 1.33 bits per heavy atom. The van der Waals surface area contributed by atoms with Crippen LogP contribution in [-0.4, -0.2) is 43.6 Å². The maximum Gasteiger partial charge on any atom is 0.339 e. The second-order valence-electron chi connectivity index (χ2n) is 15.0. The molecule has 8 heteroatoms. The van der Waals surface area contributed by atoms with E-state index in [4.69, 9.17) is 9.47 Å². The lowest BCUT2D eigenvalue weighted by atomic mass is 9.91. The Hall–Kier alpha value is -4.46. The molecule has 0 fully saturated rings. The Balaban J connectivity index is 0.000000280. The Morgan fingerprint density at radius 2 is 1.02 bits per heavy atom. The van der Waals surface area contributed by atoms with Crippen LogP contribution in [-0.2, 0) is 12.8 Å². The number of fused-ring (bicyclic) bond motifs is 2. The molecule has 0 amide bonds. The number of ether oxygens (including phenoxy) is 2. The molecule has 0 radical (unpaired) electrons. The summed E-state index contributed by atoms with van der Waals surface area (Å²) in [6, 6.07) is 3.60. The van der Waals surface area contributed by atoms with Crippen LogP contribution >= 0.6 is 0 Å². The van der Waals surface area contributed by atoms with Gasteiger partial charge in [-0.15, -0.1) is 0 Å². The molecular weight excluding hydrogens is 656 g/mol. The molecule has 4 rings (SSSR count). The molecule has 8 nitrogen and oxygen atoms in total. The highest BCUT2D eigenvalue weighted by atomic mass is 16.5. The van der Waals surface area contributed by atoms with E-state index in [0.717, 1.165) is 64.2 Å². The number of hydrogen-bond acceptors (Lipinski definition) is 6. The van der Waals surface area contributed by atoms with E-state index < -0.39 is 23.1 Å². The summed E-state index contributed by atoms with van der Waals surface area (Å²) in [5, 5.41) is 40.2. The highest BCUT2D eigenvalue weighted by Gasteiger charge is 2.32. The number of unbranched alkanes of at least 4 members (excludes halogenated alkanes) is 4. The van der Waals surface area contributed by atoms with Crippen molar-refractivity contribution < 1.29 is 39.5 Å². The quantitative estimate of drug-likeness (QED) is 0.0996. The molecule has 2 aromatic rings. The van der Waals surface area contributed by atoms with Gasteiger partial charge in [0.05, 0.1) is 11.1 Å². The molecule has 0 aliphatic carbocycles. The highest BCUT2D eigenvalue weighted by molar-refractivity contribution is 5.96. The van der Waals surface area contributed by atoms with Crippen LogP contribution in [0.25, 0.3) is 12.2 Å². The molecule has 2 aromatic carbocycles. The zero-order chi connectivity index (χ0) is 38.6. The number of hydrogen-bond donors (Lipinski definition) is 4. The van der Waals surface area contributed by atoms with Gasteiger partial charge in [0.1, 0.15) is 45.3 Å². The van der Waals surface area contributed by atoms with Crippen LogP contribution in [0.2, 0.25) is 0 Å². The molecule has 2 atom stereocenters. The minimum Gasteiger partial charge on any atom is -0.506 e. The fraction of sp³-hybridized carbons (Fsp3) is 0.500. The molecule has 2 aliphatic heterocycles. The van der Waals surface area contributed by atoms with Crippen LogP contribution in [0.5, 0.6) is 23.0 Å². The molecule has 0 saturated heterocycles. The average molecular weight is 717 g/mol. The number of aromatic hydroxyl groups is 2. The van der Waals surface area contributed by atoms with E-state index >= 15 is 0 Å². The van der Waals surface area contributed by atoms with E-state index in [9.17, 15) is 30.0 Å². The van der Waals surface area contributed by atoms with Crippen molar-refractivity contribution in [3.63, 3.8) is 0 Å². The monoisotopic (exact) mass is 716 g/mol. The van der Waals surface area contributed by atoms with E-state index in [2.05, 4.69) is 53.7 Å². The molecule has 284 valence electrons. The molecule has 52 heavy (non-hydrogen) atoms. The fourth-order valence-corrected chi connectivity index (χ4v) is 6.57. The van der Waals surface area contributed by atoms with Gasteiger partial charge in [-0.25, -0.2) is 9.59 Å². The maximum absolute atomic E-state index is 11.7. The van der Waals surface area contributed by atoms with Crippen LogP contribution in [0.1, 0.15) is 163 Å². The zero-order valence-electron chi connectivity index (χ0n) is 32.5. The number of aryl methyl sites for hydroxylation is 2. The van der Waals surface area contributed by atoms with Gasteiger partial charge in [0.25, 0.3) is 0 Å². The van der Waals surface area contributed by atoms with Gasteiger partial charge in [-0.3, -0.25) is 0 Å². The molecule has 2 heterocycles. The van der Waals surface area contributed by atoms with Crippen LogP contribution in [0.4, 0.5) is 0 Å². The number of aromatic carboxylic acids is 2. The van der Waals surface area contributed by atoms with E-state index in [0.29, 0.717) is 46.6 Å². The van der Waals surface area contributed by atoms with Crippen molar-refractivity contribution in [2.45, 2.75) is 144 Å². The van der Waals surface area contributed by atoms with Crippen molar-refractivity contribution in [2.24, 2.45) is 0 Å². The number of rotatable bonds is 16. The smallest absolute Gasteiger partial charge is 0.339 e. The average Bonchev–Trinajstić information content (AvgIpc) is 3.04. The maximum atomic E-state index is 11.7. The molecule has 4 N–H and O–H groups in total. The molecule has 2 aliphatic rings. The lowest BCUT2D eigenvalue weighted by Gasteiger charge is -2.32. The molecule has 2 unspecified atom stereocenters. The fourth-order valence-electron chi connectivity index (χ4n) is 6.57. The van der Waals surface area contributed by atoms with E-state index in [-0.39, 0.29) is 22.6 Å². The van der Waals surface area contributed by atoms with Gasteiger partial charge >= 0.3 is 11.9 Å². The number of benzene rings is 2. The Labute approximate surface area is 310 Å². The van der Waals surface area contributed by atoms with Crippen molar-refractivity contribution in [3.8, 4) is 23.0 Å². The number of allylic oxidation sites excluding steroid dienone is 4. The van der Waals surface area contributed by atoms with Crippen molar-refractivity contribution in [3.05, 3.63) is 81.0 Å². The van der Waals surface area contributed by atoms with Crippen LogP contribution in [0, 0.1) is 0 Å². The van der Waals surface area contributed by atoms with E-state index in [1.165, 1.54) is 11.1 Å². The van der Waals surface area contributed by atoms with Gasteiger partial charge < -0.3 is 29.9 Å². The molecule has 0 spiro atoms. The first-order valence-electron chi connectivity index (χ1n) is 18.8. The number of carboxylic acid groups (broad SMARTS) is 2. The Morgan fingerprint density at radius 1 is 0.654 bits per heavy atom. The predicted molar refractivity (Wildman–Crippen MR) is 210 cm³/mol. The Kier molecular flexibility index (Phi) is 15.2. The summed E-state index contributed by atoms with van der Waals surface area (Å²) < 4.78 is 12.4. The summed E-state index contributed by atoms with van der Waals surface area (Å²) in [7, 11) is 0. The minimum absolute atomic E-state index is 0.00115. The normalized spacial score (nSPS) is 18.2. The van der Waals surface area contributed by atoms with Gasteiger partial charge in [0.15, 0.2) is 0 Å². The minimum atomic E-state index is -1.10. The van der Waals surface area contributed by atoms with Gasteiger partial charge in [-0.1, -0.05) is 62.8 Å². The topological polar surface area (TPSA) is 134 Å². The molecule has 0 aromatic heterocycles. The third kappa shape index (κ3) is 11.3. The predicted octanol–water partition coefficient (Wildman–Crippen LogP) is 11.5. The molecule has 0 saturated carbocycles. The number of carboxylic acids is 2. The summed E-state index contributed by atoms with van der Waals surface area (Å²) in [4.78, 5) is 23.3. The van der Waals surface area contributed by atoms with Crippen LogP contribution in [0.15, 0.2) is 47.6 Å². The molecular formula is C44H60O8.